The summed E-state index contributed by atoms with van der Waals surface area (Å²) in [6.07, 6.45) is 5.25. The summed E-state index contributed by atoms with van der Waals surface area (Å²) < 4.78 is 0. The lowest BCUT2D eigenvalue weighted by molar-refractivity contribution is -0.0377. The highest BCUT2D eigenvalue weighted by Gasteiger charge is 2.33. The van der Waals surface area contributed by atoms with Crippen LogP contribution in [0.25, 0.3) is 0 Å². The fraction of sp³-hybridized carbons (Fsp3) is 0.500. The summed E-state index contributed by atoms with van der Waals surface area (Å²) in [5.74, 6) is 1.02. The molecule has 1 heterocycles. The molecule has 2 rings (SSSR count). The van der Waals surface area contributed by atoms with Crippen molar-refractivity contribution >= 4 is 11.8 Å². The second kappa shape index (κ2) is 5.14. The summed E-state index contributed by atoms with van der Waals surface area (Å²) in [5.41, 5.74) is 5.22. The molecule has 0 bridgehead atoms. The van der Waals surface area contributed by atoms with E-state index in [9.17, 15) is 5.11 Å². The van der Waals surface area contributed by atoms with Crippen LogP contribution in [0.15, 0.2) is 29.4 Å². The molecule has 1 aromatic heterocycles. The molecule has 17 heavy (non-hydrogen) atoms. The first kappa shape index (κ1) is 11.9. The van der Waals surface area contributed by atoms with E-state index in [-0.39, 0.29) is 0 Å². The third kappa shape index (κ3) is 3.42. The maximum atomic E-state index is 9.87. The van der Waals surface area contributed by atoms with E-state index in [1.807, 2.05) is 18.2 Å². The Bertz CT molecular complexity index is 387. The molecule has 0 aromatic carbocycles. The van der Waals surface area contributed by atoms with Crippen LogP contribution in [0.4, 0.5) is 5.82 Å². The highest BCUT2D eigenvalue weighted by molar-refractivity contribution is 5.91. The van der Waals surface area contributed by atoms with Crippen molar-refractivity contribution in [2.24, 2.45) is 10.7 Å². The Kier molecular flexibility index (Phi) is 3.58. The fourth-order valence-corrected chi connectivity index (χ4v) is 1.83. The van der Waals surface area contributed by atoms with Crippen LogP contribution < -0.4 is 11.1 Å². The first-order valence-corrected chi connectivity index (χ1v) is 5.88. The van der Waals surface area contributed by atoms with Crippen molar-refractivity contribution < 1.29 is 5.11 Å². The van der Waals surface area contributed by atoms with Crippen LogP contribution in [0.5, 0.6) is 0 Å². The van der Waals surface area contributed by atoms with E-state index in [2.05, 4.69) is 15.3 Å². The van der Waals surface area contributed by atoms with E-state index in [1.54, 1.807) is 6.20 Å². The minimum Gasteiger partial charge on any atom is -0.390 e. The summed E-state index contributed by atoms with van der Waals surface area (Å²) in [6, 6.07) is 5.53. The molecule has 0 amide bonds. The van der Waals surface area contributed by atoms with Crippen molar-refractivity contribution in [3.63, 3.8) is 0 Å². The van der Waals surface area contributed by atoms with Gasteiger partial charge >= 0.3 is 0 Å². The maximum absolute atomic E-state index is 9.87. The minimum atomic E-state index is -0.491. The smallest absolute Gasteiger partial charge is 0.194 e. The van der Waals surface area contributed by atoms with Crippen molar-refractivity contribution in [1.82, 2.24) is 4.98 Å². The second-order valence-corrected chi connectivity index (χ2v) is 4.43. The van der Waals surface area contributed by atoms with Gasteiger partial charge in [-0.25, -0.2) is 4.98 Å². The van der Waals surface area contributed by atoms with Crippen molar-refractivity contribution in [2.45, 2.75) is 31.3 Å². The Morgan fingerprint density at radius 1 is 1.53 bits per heavy atom. The molecular formula is C12H18N4O. The number of aromatic nitrogens is 1. The first-order valence-electron chi connectivity index (χ1n) is 5.88. The molecule has 1 aliphatic carbocycles. The average Bonchev–Trinajstić information content (AvgIpc) is 2.28. The fourth-order valence-electron chi connectivity index (χ4n) is 1.83. The molecule has 0 radical (unpaired) electrons. The molecule has 1 aliphatic rings. The lowest BCUT2D eigenvalue weighted by Crippen LogP contribution is -2.37. The zero-order valence-electron chi connectivity index (χ0n) is 9.76. The normalized spacial score (nSPS) is 18.5. The molecule has 1 saturated carbocycles. The highest BCUT2D eigenvalue weighted by Crippen LogP contribution is 2.34. The molecule has 0 atom stereocenters. The van der Waals surface area contributed by atoms with Crippen molar-refractivity contribution in [2.75, 3.05) is 11.9 Å². The molecule has 4 N–H and O–H groups in total. The zero-order chi connectivity index (χ0) is 12.1. The quantitative estimate of drug-likeness (QED) is 0.538. The van der Waals surface area contributed by atoms with Crippen LogP contribution in [0.2, 0.25) is 0 Å². The molecule has 0 unspecified atom stereocenters. The molecule has 5 heteroatoms. The number of guanidine groups is 1. The summed E-state index contributed by atoms with van der Waals surface area (Å²) in [6.45, 7) is 0.544. The van der Waals surface area contributed by atoms with Crippen molar-refractivity contribution in [1.29, 1.82) is 0 Å². The molecule has 0 saturated heterocycles. The Hall–Kier alpha value is -1.62. The molecule has 0 aliphatic heterocycles. The number of pyridine rings is 1. The highest BCUT2D eigenvalue weighted by atomic mass is 16.3. The number of rotatable bonds is 4. The number of nitrogens with zero attached hydrogens (tertiary/aromatic N) is 2. The number of nitrogens with one attached hydrogen (secondary N) is 1. The molecular weight excluding hydrogens is 216 g/mol. The Labute approximate surface area is 101 Å². The topological polar surface area (TPSA) is 83.5 Å². The summed E-state index contributed by atoms with van der Waals surface area (Å²) >= 11 is 0. The van der Waals surface area contributed by atoms with Crippen LogP contribution >= 0.6 is 0 Å². The first-order chi connectivity index (χ1) is 8.18. The SMILES string of the molecule is NC(=NCCC1(O)CCC1)Nc1ccccn1. The molecule has 5 nitrogen and oxygen atoms in total. The monoisotopic (exact) mass is 234 g/mol. The van der Waals surface area contributed by atoms with Gasteiger partial charge in [0.15, 0.2) is 5.96 Å². The number of anilines is 1. The van der Waals surface area contributed by atoms with Gasteiger partial charge in [0, 0.05) is 12.7 Å². The summed E-state index contributed by atoms with van der Waals surface area (Å²) in [4.78, 5) is 8.25. The minimum absolute atomic E-state index is 0.339. The number of hydrogen-bond donors (Lipinski definition) is 3. The van der Waals surface area contributed by atoms with Crippen LogP contribution in [0.1, 0.15) is 25.7 Å². The van der Waals surface area contributed by atoms with Gasteiger partial charge in [-0.1, -0.05) is 6.07 Å². The molecule has 1 aromatic rings. The van der Waals surface area contributed by atoms with E-state index in [4.69, 9.17) is 5.73 Å². The number of hydrogen-bond acceptors (Lipinski definition) is 3. The lowest BCUT2D eigenvalue weighted by Gasteiger charge is -2.36. The van der Waals surface area contributed by atoms with Gasteiger partial charge in [-0.2, -0.15) is 0 Å². The third-order valence-corrected chi connectivity index (χ3v) is 3.06. The predicted molar refractivity (Wildman–Crippen MR) is 67.8 cm³/mol. The van der Waals surface area contributed by atoms with E-state index in [0.717, 1.165) is 19.3 Å². The van der Waals surface area contributed by atoms with Gasteiger partial charge in [0.2, 0.25) is 0 Å². The van der Waals surface area contributed by atoms with Gasteiger partial charge in [0.1, 0.15) is 5.82 Å². The molecule has 1 fully saturated rings. The number of aliphatic hydroxyl groups is 1. The average molecular weight is 234 g/mol. The van der Waals surface area contributed by atoms with E-state index in [0.29, 0.717) is 24.7 Å². The van der Waals surface area contributed by atoms with E-state index < -0.39 is 5.60 Å². The summed E-state index contributed by atoms with van der Waals surface area (Å²) in [7, 11) is 0. The van der Waals surface area contributed by atoms with Gasteiger partial charge in [0.05, 0.1) is 5.60 Å². The largest absolute Gasteiger partial charge is 0.390 e. The Balaban J connectivity index is 1.77. The Morgan fingerprint density at radius 3 is 2.94 bits per heavy atom. The van der Waals surface area contributed by atoms with Gasteiger partial charge in [-0.05, 0) is 37.8 Å². The Morgan fingerprint density at radius 2 is 2.35 bits per heavy atom. The van der Waals surface area contributed by atoms with Crippen LogP contribution in [0.3, 0.4) is 0 Å². The predicted octanol–water partition coefficient (Wildman–Crippen LogP) is 1.11. The van der Waals surface area contributed by atoms with Crippen LogP contribution in [-0.2, 0) is 0 Å². The third-order valence-electron chi connectivity index (χ3n) is 3.06. The van der Waals surface area contributed by atoms with Crippen LogP contribution in [0, 0.1) is 0 Å². The van der Waals surface area contributed by atoms with Crippen LogP contribution in [-0.4, -0.2) is 28.2 Å². The van der Waals surface area contributed by atoms with E-state index >= 15 is 0 Å². The van der Waals surface area contributed by atoms with Gasteiger partial charge in [-0.15, -0.1) is 0 Å². The number of aliphatic imine (C=N–C) groups is 1. The molecule has 92 valence electrons. The van der Waals surface area contributed by atoms with Crippen molar-refractivity contribution in [3.8, 4) is 0 Å². The zero-order valence-corrected chi connectivity index (χ0v) is 9.76. The number of nitrogens with two attached hydrogens (primary N) is 1. The van der Waals surface area contributed by atoms with Gasteiger partial charge in [0.25, 0.3) is 0 Å². The second-order valence-electron chi connectivity index (χ2n) is 4.43. The van der Waals surface area contributed by atoms with Crippen molar-refractivity contribution in [3.05, 3.63) is 24.4 Å². The maximum Gasteiger partial charge on any atom is 0.194 e. The van der Waals surface area contributed by atoms with E-state index in [1.165, 1.54) is 0 Å². The summed E-state index contributed by atoms with van der Waals surface area (Å²) in [5, 5.41) is 12.8. The standard InChI is InChI=1S/C12H18N4O/c13-11(16-10-4-1-2-8-14-10)15-9-7-12(17)5-3-6-12/h1-2,4,8,17H,3,5-7,9H2,(H3,13,14,15,16). The van der Waals surface area contributed by atoms with Gasteiger partial charge < -0.3 is 16.2 Å². The molecule has 0 spiro atoms. The lowest BCUT2D eigenvalue weighted by atomic mass is 9.78. The van der Waals surface area contributed by atoms with Gasteiger partial charge in [-0.3, -0.25) is 4.99 Å².